The molecule has 0 fully saturated rings. The molecular formula is C11H12N4. The van der Waals surface area contributed by atoms with Crippen molar-refractivity contribution in [3.05, 3.63) is 24.2 Å². The third kappa shape index (κ3) is 1.77. The number of rotatable bonds is 0. The molecule has 2 rings (SSSR count). The number of hydrogen-bond donors (Lipinski definition) is 1. The van der Waals surface area contributed by atoms with E-state index in [2.05, 4.69) is 21.9 Å². The second-order valence-corrected chi connectivity index (χ2v) is 3.58. The van der Waals surface area contributed by atoms with Gasteiger partial charge in [-0.3, -0.25) is 0 Å². The Balaban J connectivity index is 2.56. The molecule has 0 radical (unpaired) electrons. The van der Waals surface area contributed by atoms with E-state index in [1.807, 2.05) is 26.0 Å². The number of fused-ring (bicyclic) bond motifs is 1. The van der Waals surface area contributed by atoms with E-state index < -0.39 is 0 Å². The maximum atomic E-state index is 5.71. The van der Waals surface area contributed by atoms with E-state index in [9.17, 15) is 0 Å². The quantitative estimate of drug-likeness (QED) is 0.652. The summed E-state index contributed by atoms with van der Waals surface area (Å²) in [6.07, 6.45) is 1.43. The van der Waals surface area contributed by atoms with Gasteiger partial charge >= 0.3 is 0 Å². The average Bonchev–Trinajstić information content (AvgIpc) is 2.59. The zero-order chi connectivity index (χ0) is 10.8. The molecule has 2 aromatic rings. The van der Waals surface area contributed by atoms with E-state index in [4.69, 9.17) is 5.73 Å². The average molecular weight is 200 g/mol. The number of nitrogens with two attached hydrogens (primary N) is 1. The predicted octanol–water partition coefficient (Wildman–Crippen LogP) is 1.32. The smallest absolute Gasteiger partial charge is 0.151 e. The predicted molar refractivity (Wildman–Crippen MR) is 59.1 cm³/mol. The van der Waals surface area contributed by atoms with Gasteiger partial charge in [0.1, 0.15) is 17.5 Å². The van der Waals surface area contributed by atoms with Crippen molar-refractivity contribution in [1.82, 2.24) is 14.6 Å². The van der Waals surface area contributed by atoms with Crippen LogP contribution >= 0.6 is 0 Å². The molecule has 2 aromatic heterocycles. The van der Waals surface area contributed by atoms with Gasteiger partial charge in [0, 0.05) is 5.92 Å². The highest BCUT2D eigenvalue weighted by molar-refractivity contribution is 5.66. The van der Waals surface area contributed by atoms with Crippen LogP contribution in [0.3, 0.4) is 0 Å². The van der Waals surface area contributed by atoms with Crippen molar-refractivity contribution in [1.29, 1.82) is 0 Å². The Morgan fingerprint density at radius 1 is 1.40 bits per heavy atom. The van der Waals surface area contributed by atoms with E-state index in [0.29, 0.717) is 11.7 Å². The highest BCUT2D eigenvalue weighted by Gasteiger charge is 2.03. The minimum absolute atomic E-state index is 0.342. The Morgan fingerprint density at radius 3 is 2.93 bits per heavy atom. The fourth-order valence-electron chi connectivity index (χ4n) is 1.27. The first kappa shape index (κ1) is 9.53. The molecule has 0 atom stereocenters. The lowest BCUT2D eigenvalue weighted by molar-refractivity contribution is 0.862. The van der Waals surface area contributed by atoms with Gasteiger partial charge in [-0.1, -0.05) is 19.8 Å². The van der Waals surface area contributed by atoms with Gasteiger partial charge in [0.05, 0.1) is 0 Å². The Morgan fingerprint density at radius 2 is 2.20 bits per heavy atom. The van der Waals surface area contributed by atoms with Crippen LogP contribution in [0.1, 0.15) is 19.5 Å². The summed E-state index contributed by atoms with van der Waals surface area (Å²) < 4.78 is 1.71. The summed E-state index contributed by atoms with van der Waals surface area (Å²) in [5.74, 6) is 6.97. The first-order valence-electron chi connectivity index (χ1n) is 4.78. The highest BCUT2D eigenvalue weighted by Crippen LogP contribution is 2.11. The molecule has 0 aliphatic heterocycles. The van der Waals surface area contributed by atoms with Crippen LogP contribution in [0.5, 0.6) is 0 Å². The molecule has 0 spiro atoms. The summed E-state index contributed by atoms with van der Waals surface area (Å²) in [5, 5.41) is 4.10. The van der Waals surface area contributed by atoms with Crippen LogP contribution < -0.4 is 5.73 Å². The second kappa shape index (κ2) is 3.62. The summed E-state index contributed by atoms with van der Waals surface area (Å²) in [5.41, 5.74) is 7.34. The topological polar surface area (TPSA) is 56.2 Å². The Labute approximate surface area is 88.1 Å². The monoisotopic (exact) mass is 200 g/mol. The van der Waals surface area contributed by atoms with Gasteiger partial charge in [0.15, 0.2) is 5.82 Å². The molecule has 0 saturated carbocycles. The molecule has 0 unspecified atom stereocenters. The van der Waals surface area contributed by atoms with Crippen LogP contribution in [0.4, 0.5) is 5.82 Å². The maximum absolute atomic E-state index is 5.71. The molecule has 0 saturated heterocycles. The third-order valence-corrected chi connectivity index (χ3v) is 1.97. The van der Waals surface area contributed by atoms with Gasteiger partial charge in [-0.05, 0) is 18.1 Å². The lowest BCUT2D eigenvalue weighted by Gasteiger charge is -1.96. The van der Waals surface area contributed by atoms with Gasteiger partial charge in [-0.15, -0.1) is 0 Å². The van der Waals surface area contributed by atoms with E-state index in [-0.39, 0.29) is 0 Å². The van der Waals surface area contributed by atoms with Crippen LogP contribution in [0, 0.1) is 17.8 Å². The third-order valence-electron chi connectivity index (χ3n) is 1.97. The van der Waals surface area contributed by atoms with E-state index in [0.717, 1.165) is 11.2 Å². The summed E-state index contributed by atoms with van der Waals surface area (Å²) in [6, 6.07) is 3.77. The normalized spacial score (nSPS) is 10.3. The Hall–Kier alpha value is -2.02. The van der Waals surface area contributed by atoms with Crippen molar-refractivity contribution >= 4 is 11.3 Å². The van der Waals surface area contributed by atoms with Gasteiger partial charge in [0.25, 0.3) is 0 Å². The van der Waals surface area contributed by atoms with E-state index >= 15 is 0 Å². The summed E-state index contributed by atoms with van der Waals surface area (Å²) in [4.78, 5) is 3.91. The zero-order valence-electron chi connectivity index (χ0n) is 8.73. The highest BCUT2D eigenvalue weighted by atomic mass is 15.2. The molecule has 4 heteroatoms. The number of nitrogen functional groups attached to an aromatic ring is 1. The summed E-state index contributed by atoms with van der Waals surface area (Å²) in [6.45, 7) is 4.10. The molecule has 0 amide bonds. The molecular weight excluding hydrogens is 188 g/mol. The molecule has 0 aliphatic carbocycles. The minimum Gasteiger partial charge on any atom is -0.382 e. The van der Waals surface area contributed by atoms with Crippen LogP contribution in [-0.2, 0) is 0 Å². The first-order chi connectivity index (χ1) is 7.18. The molecule has 15 heavy (non-hydrogen) atoms. The van der Waals surface area contributed by atoms with Gasteiger partial charge in [-0.25, -0.2) is 9.50 Å². The van der Waals surface area contributed by atoms with Crippen molar-refractivity contribution < 1.29 is 0 Å². The van der Waals surface area contributed by atoms with Crippen LogP contribution in [0.15, 0.2) is 18.5 Å². The molecule has 4 nitrogen and oxygen atoms in total. The molecule has 2 heterocycles. The fourth-order valence-corrected chi connectivity index (χ4v) is 1.27. The minimum atomic E-state index is 0.342. The fraction of sp³-hybridized carbons (Fsp3) is 0.273. The van der Waals surface area contributed by atoms with E-state index in [1.165, 1.54) is 6.33 Å². The van der Waals surface area contributed by atoms with Gasteiger partial charge in [-0.2, -0.15) is 5.10 Å². The maximum Gasteiger partial charge on any atom is 0.151 e. The van der Waals surface area contributed by atoms with Crippen LogP contribution in [-0.4, -0.2) is 14.6 Å². The molecule has 0 aromatic carbocycles. The van der Waals surface area contributed by atoms with Crippen LogP contribution in [0.25, 0.3) is 5.52 Å². The standard InChI is InChI=1S/C11H12N4/c1-8(2)3-4-9-5-6-10-11(12)13-7-14-15(9)10/h5-8H,1-2H3,(H2,12,13,14). The second-order valence-electron chi connectivity index (χ2n) is 3.58. The van der Waals surface area contributed by atoms with Crippen molar-refractivity contribution in [3.63, 3.8) is 0 Å². The van der Waals surface area contributed by atoms with Crippen molar-refractivity contribution in [2.75, 3.05) is 5.73 Å². The molecule has 76 valence electrons. The van der Waals surface area contributed by atoms with E-state index in [1.54, 1.807) is 4.52 Å². The van der Waals surface area contributed by atoms with Crippen molar-refractivity contribution in [2.24, 2.45) is 5.92 Å². The van der Waals surface area contributed by atoms with Gasteiger partial charge < -0.3 is 5.73 Å². The molecule has 0 aliphatic rings. The first-order valence-corrected chi connectivity index (χ1v) is 4.78. The van der Waals surface area contributed by atoms with Gasteiger partial charge in [0.2, 0.25) is 0 Å². The largest absolute Gasteiger partial charge is 0.382 e. The molecule has 0 bridgehead atoms. The lowest BCUT2D eigenvalue weighted by atomic mass is 10.2. The zero-order valence-corrected chi connectivity index (χ0v) is 8.73. The number of aromatic nitrogens is 3. The number of hydrogen-bond acceptors (Lipinski definition) is 3. The lowest BCUT2D eigenvalue weighted by Crippen LogP contribution is -2.00. The SMILES string of the molecule is CC(C)C#Cc1ccc2c(N)ncnn12. The van der Waals surface area contributed by atoms with Crippen molar-refractivity contribution in [3.8, 4) is 11.8 Å². The number of anilines is 1. The Bertz CT molecular complexity index is 542. The summed E-state index contributed by atoms with van der Waals surface area (Å²) in [7, 11) is 0. The molecule has 2 N–H and O–H groups in total. The van der Waals surface area contributed by atoms with Crippen LogP contribution in [0.2, 0.25) is 0 Å². The number of nitrogens with zero attached hydrogens (tertiary/aromatic N) is 3. The summed E-state index contributed by atoms with van der Waals surface area (Å²) >= 11 is 0. The van der Waals surface area contributed by atoms with Crippen molar-refractivity contribution in [2.45, 2.75) is 13.8 Å². The Kier molecular flexibility index (Phi) is 2.30.